The Hall–Kier alpha value is -3.15. The first-order valence-corrected chi connectivity index (χ1v) is 12.9. The van der Waals surface area contributed by atoms with Crippen molar-refractivity contribution in [2.24, 2.45) is 11.8 Å². The number of nitrogens with zero attached hydrogens (tertiary/aromatic N) is 1. The van der Waals surface area contributed by atoms with Crippen molar-refractivity contribution in [1.82, 2.24) is 10.2 Å². The zero-order chi connectivity index (χ0) is 24.6. The van der Waals surface area contributed by atoms with Gasteiger partial charge in [0.1, 0.15) is 5.54 Å². The fourth-order valence-corrected chi connectivity index (χ4v) is 6.55. The first-order valence-electron chi connectivity index (χ1n) is 12.9. The van der Waals surface area contributed by atoms with Crippen molar-refractivity contribution < 1.29 is 19.1 Å². The summed E-state index contributed by atoms with van der Waals surface area (Å²) in [7, 11) is 0. The van der Waals surface area contributed by atoms with E-state index in [2.05, 4.69) is 5.32 Å². The van der Waals surface area contributed by atoms with Crippen molar-refractivity contribution in [1.29, 1.82) is 0 Å². The maximum Gasteiger partial charge on any atom is 0.311 e. The Balaban J connectivity index is 1.58. The zero-order valence-corrected chi connectivity index (χ0v) is 20.5. The van der Waals surface area contributed by atoms with Crippen LogP contribution in [0.5, 0.6) is 0 Å². The van der Waals surface area contributed by atoms with E-state index >= 15 is 0 Å². The molecule has 2 saturated carbocycles. The summed E-state index contributed by atoms with van der Waals surface area (Å²) in [6.45, 7) is 3.97. The maximum atomic E-state index is 14.4. The third-order valence-electron chi connectivity index (χ3n) is 8.14. The average molecular weight is 475 g/mol. The lowest BCUT2D eigenvalue weighted by molar-refractivity contribution is -0.147. The normalized spacial score (nSPS) is 30.3. The molecule has 0 bridgehead atoms. The van der Waals surface area contributed by atoms with E-state index in [0.29, 0.717) is 12.2 Å². The van der Waals surface area contributed by atoms with Crippen LogP contribution in [0, 0.1) is 11.8 Å². The standard InChI is InChI=1S/C29H34N2O4/c1-3-35-27(33)23-22-24(19-13-7-4-8-14-19)29(2,30-26(32)20-15-9-5-10-16-20)28(34)31(25(22)23)21-17-11-6-12-18-21/h4-5,7-10,13-16,21-25H,3,6,11-12,17-18H2,1-2H3,(H,30,32)/t22-,23-,24+,25+,29-/m1/s1. The maximum absolute atomic E-state index is 14.4. The molecule has 184 valence electrons. The number of amides is 2. The van der Waals surface area contributed by atoms with E-state index in [1.807, 2.05) is 67.3 Å². The van der Waals surface area contributed by atoms with Crippen molar-refractivity contribution in [2.45, 2.75) is 69.5 Å². The molecule has 3 aliphatic rings. The van der Waals surface area contributed by atoms with Gasteiger partial charge in [0.05, 0.1) is 18.6 Å². The summed E-state index contributed by atoms with van der Waals surface area (Å²) in [5, 5.41) is 3.15. The predicted octanol–water partition coefficient (Wildman–Crippen LogP) is 4.31. The number of rotatable bonds is 6. The second-order valence-corrected chi connectivity index (χ2v) is 10.3. The zero-order valence-electron chi connectivity index (χ0n) is 20.5. The number of nitrogens with one attached hydrogen (secondary N) is 1. The monoisotopic (exact) mass is 474 g/mol. The number of fused-ring (bicyclic) bond motifs is 1. The molecule has 0 unspecified atom stereocenters. The average Bonchev–Trinajstić information content (AvgIpc) is 3.60. The van der Waals surface area contributed by atoms with E-state index < -0.39 is 5.54 Å². The van der Waals surface area contributed by atoms with Crippen molar-refractivity contribution in [3.63, 3.8) is 0 Å². The molecule has 2 aliphatic carbocycles. The lowest BCUT2D eigenvalue weighted by Gasteiger charge is -2.48. The molecule has 3 fully saturated rings. The van der Waals surface area contributed by atoms with Crippen LogP contribution >= 0.6 is 0 Å². The number of carbonyl (C=O) groups excluding carboxylic acids is 3. The van der Waals surface area contributed by atoms with Gasteiger partial charge in [-0.1, -0.05) is 67.8 Å². The van der Waals surface area contributed by atoms with Gasteiger partial charge in [-0.05, 0) is 44.4 Å². The summed E-state index contributed by atoms with van der Waals surface area (Å²) >= 11 is 0. The second kappa shape index (κ2) is 9.48. The Morgan fingerprint density at radius 1 is 1.00 bits per heavy atom. The summed E-state index contributed by atoms with van der Waals surface area (Å²) < 4.78 is 5.47. The molecule has 0 aromatic heterocycles. The quantitative estimate of drug-likeness (QED) is 0.633. The third kappa shape index (κ3) is 4.13. The Morgan fingerprint density at radius 3 is 2.26 bits per heavy atom. The minimum Gasteiger partial charge on any atom is -0.466 e. The summed E-state index contributed by atoms with van der Waals surface area (Å²) in [4.78, 5) is 42.9. The molecule has 1 saturated heterocycles. The van der Waals surface area contributed by atoms with E-state index in [1.165, 1.54) is 6.42 Å². The lowest BCUT2D eigenvalue weighted by atomic mass is 9.72. The number of likely N-dealkylation sites (tertiary alicyclic amines) is 1. The summed E-state index contributed by atoms with van der Waals surface area (Å²) in [6, 6.07) is 18.7. The van der Waals surface area contributed by atoms with Crippen LogP contribution in [-0.2, 0) is 14.3 Å². The number of benzene rings is 2. The highest BCUT2D eigenvalue weighted by Crippen LogP contribution is 2.61. The van der Waals surface area contributed by atoms with Crippen LogP contribution in [-0.4, -0.2) is 46.9 Å². The number of hydrogen-bond donors (Lipinski definition) is 1. The Bertz CT molecular complexity index is 1080. The van der Waals surface area contributed by atoms with Gasteiger partial charge in [-0.2, -0.15) is 0 Å². The van der Waals surface area contributed by atoms with E-state index in [1.54, 1.807) is 12.1 Å². The first-order chi connectivity index (χ1) is 17.0. The molecule has 0 radical (unpaired) electrons. The summed E-state index contributed by atoms with van der Waals surface area (Å²) in [5.74, 6) is -1.41. The molecule has 5 atom stereocenters. The molecule has 6 heteroatoms. The van der Waals surface area contributed by atoms with Crippen molar-refractivity contribution in [3.8, 4) is 0 Å². The molecule has 6 nitrogen and oxygen atoms in total. The molecular weight excluding hydrogens is 440 g/mol. The Labute approximate surface area is 207 Å². The van der Waals surface area contributed by atoms with Gasteiger partial charge in [-0.25, -0.2) is 0 Å². The Morgan fingerprint density at radius 2 is 1.63 bits per heavy atom. The van der Waals surface area contributed by atoms with Gasteiger partial charge in [0, 0.05) is 23.4 Å². The van der Waals surface area contributed by atoms with E-state index in [-0.39, 0.29) is 47.6 Å². The van der Waals surface area contributed by atoms with Gasteiger partial charge in [-0.15, -0.1) is 0 Å². The number of piperidine rings is 1. The van der Waals surface area contributed by atoms with Crippen LogP contribution in [0.3, 0.4) is 0 Å². The van der Waals surface area contributed by atoms with Gasteiger partial charge in [-0.3, -0.25) is 14.4 Å². The highest BCUT2D eigenvalue weighted by atomic mass is 16.5. The summed E-state index contributed by atoms with van der Waals surface area (Å²) in [6.07, 6.45) is 5.19. The molecule has 35 heavy (non-hydrogen) atoms. The smallest absolute Gasteiger partial charge is 0.311 e. The molecule has 2 aromatic rings. The van der Waals surface area contributed by atoms with Crippen LogP contribution in [0.25, 0.3) is 0 Å². The SMILES string of the molecule is CCOC(=O)[C@@H]1[C@H]2[C@@H]1N(C1CCCCC1)C(=O)[C@](C)(NC(=O)c1ccccc1)[C@H]2c1ccccc1. The number of carbonyl (C=O) groups is 3. The molecule has 1 heterocycles. The molecule has 2 aromatic carbocycles. The van der Waals surface area contributed by atoms with E-state index in [9.17, 15) is 14.4 Å². The van der Waals surface area contributed by atoms with Crippen LogP contribution < -0.4 is 5.32 Å². The van der Waals surface area contributed by atoms with Gasteiger partial charge >= 0.3 is 5.97 Å². The number of hydrogen-bond acceptors (Lipinski definition) is 4. The third-order valence-corrected chi connectivity index (χ3v) is 8.14. The van der Waals surface area contributed by atoms with Crippen LogP contribution in [0.1, 0.15) is 67.8 Å². The van der Waals surface area contributed by atoms with Gasteiger partial charge in [0.25, 0.3) is 5.91 Å². The molecule has 0 spiro atoms. The van der Waals surface area contributed by atoms with Crippen molar-refractivity contribution in [3.05, 3.63) is 71.8 Å². The Kier molecular flexibility index (Phi) is 6.39. The van der Waals surface area contributed by atoms with E-state index in [4.69, 9.17) is 4.74 Å². The molecule has 1 N–H and O–H groups in total. The van der Waals surface area contributed by atoms with Crippen molar-refractivity contribution >= 4 is 17.8 Å². The minimum absolute atomic E-state index is 0.0874. The topological polar surface area (TPSA) is 75.7 Å². The number of esters is 1. The highest BCUT2D eigenvalue weighted by molar-refractivity contribution is 6.01. The highest BCUT2D eigenvalue weighted by Gasteiger charge is 2.72. The van der Waals surface area contributed by atoms with Gasteiger partial charge in [0.15, 0.2) is 0 Å². The van der Waals surface area contributed by atoms with Crippen LogP contribution in [0.2, 0.25) is 0 Å². The minimum atomic E-state index is -1.19. The van der Waals surface area contributed by atoms with E-state index in [0.717, 1.165) is 31.2 Å². The first kappa shape index (κ1) is 23.6. The van der Waals surface area contributed by atoms with Gasteiger partial charge < -0.3 is 15.0 Å². The van der Waals surface area contributed by atoms with Crippen LogP contribution in [0.15, 0.2) is 60.7 Å². The lowest BCUT2D eigenvalue weighted by Crippen LogP contribution is -2.66. The fourth-order valence-electron chi connectivity index (χ4n) is 6.55. The molecule has 5 rings (SSSR count). The molecule has 2 amide bonds. The van der Waals surface area contributed by atoms with Crippen molar-refractivity contribution in [2.75, 3.05) is 6.61 Å². The summed E-state index contributed by atoms with van der Waals surface area (Å²) in [5.41, 5.74) is 0.285. The largest absolute Gasteiger partial charge is 0.466 e. The predicted molar refractivity (Wildman–Crippen MR) is 133 cm³/mol. The molecular formula is C29H34N2O4. The number of ether oxygens (including phenoxy) is 1. The molecule has 1 aliphatic heterocycles. The fraction of sp³-hybridized carbons (Fsp3) is 0.483. The second-order valence-electron chi connectivity index (χ2n) is 10.3. The van der Waals surface area contributed by atoms with Gasteiger partial charge in [0.2, 0.25) is 5.91 Å². The van der Waals surface area contributed by atoms with Crippen LogP contribution in [0.4, 0.5) is 0 Å².